The van der Waals surface area contributed by atoms with E-state index in [1.54, 1.807) is 0 Å². The summed E-state index contributed by atoms with van der Waals surface area (Å²) in [6.45, 7) is 14.2. The molecule has 3 aliphatic rings. The SMILES string of the molecule is CC1(C)c2cc(C=Cc3ccc4c(c3)C(C)(C)c3cc(N(c5ccncc5)c5ccc(-c6ccccc6)cc5)ccc3-4)ccc2-c2ccc(C=Cc3ccc4c(c3)C(C)(C)c3cc(N(c5ccncc5)c5ccc(-c6ccccc6)cc5)ccc3-4)cc21. The number of benzene rings is 10. The van der Waals surface area contributed by atoms with E-state index >= 15 is 0 Å². The summed E-state index contributed by atoms with van der Waals surface area (Å²) >= 11 is 0. The van der Waals surface area contributed by atoms with E-state index in [0.717, 1.165) is 34.1 Å². The van der Waals surface area contributed by atoms with Crippen molar-refractivity contribution in [1.82, 2.24) is 9.97 Å². The highest BCUT2D eigenvalue weighted by Gasteiger charge is 2.39. The molecule has 2 heterocycles. The molecule has 0 fully saturated rings. The van der Waals surface area contributed by atoms with Gasteiger partial charge in [-0.1, -0.05) is 236 Å². The first-order valence-corrected chi connectivity index (χ1v) is 30.3. The predicted molar refractivity (Wildman–Crippen MR) is 366 cm³/mol. The van der Waals surface area contributed by atoms with E-state index in [1.165, 1.54) is 111 Å². The first-order valence-electron chi connectivity index (χ1n) is 30.3. The summed E-state index contributed by atoms with van der Waals surface area (Å²) in [7, 11) is 0. The Kier molecular flexibility index (Phi) is 12.9. The second-order valence-electron chi connectivity index (χ2n) is 25.1. The van der Waals surface area contributed by atoms with Gasteiger partial charge in [-0.2, -0.15) is 0 Å². The normalized spacial score (nSPS) is 14.3. The van der Waals surface area contributed by atoms with Gasteiger partial charge in [0.1, 0.15) is 0 Å². The zero-order valence-corrected chi connectivity index (χ0v) is 50.0. The summed E-state index contributed by atoms with van der Waals surface area (Å²) in [5.74, 6) is 0. The highest BCUT2D eigenvalue weighted by Crippen LogP contribution is 2.54. The Hall–Kier alpha value is -10.4. The minimum atomic E-state index is -0.206. The Labute approximate surface area is 511 Å². The van der Waals surface area contributed by atoms with Crippen molar-refractivity contribution in [3.8, 4) is 55.6 Å². The van der Waals surface area contributed by atoms with Gasteiger partial charge in [-0.15, -0.1) is 0 Å². The molecule has 4 nitrogen and oxygen atoms in total. The Morgan fingerprint density at radius 2 is 0.483 bits per heavy atom. The Morgan fingerprint density at radius 1 is 0.241 bits per heavy atom. The van der Waals surface area contributed by atoms with Crippen molar-refractivity contribution in [3.05, 3.63) is 323 Å². The molecule has 0 radical (unpaired) electrons. The van der Waals surface area contributed by atoms with Crippen LogP contribution in [0.4, 0.5) is 34.1 Å². The molecule has 0 saturated heterocycles. The van der Waals surface area contributed by atoms with Crippen LogP contribution in [0.25, 0.3) is 79.9 Å². The number of hydrogen-bond donors (Lipinski definition) is 0. The third kappa shape index (κ3) is 9.32. The molecular formula is C83H66N4. The largest absolute Gasteiger partial charge is 0.310 e. The van der Waals surface area contributed by atoms with Crippen LogP contribution in [-0.2, 0) is 16.2 Å². The third-order valence-corrected chi connectivity index (χ3v) is 18.9. The van der Waals surface area contributed by atoms with Gasteiger partial charge < -0.3 is 9.80 Å². The Balaban J connectivity index is 0.653. The maximum atomic E-state index is 4.36. The van der Waals surface area contributed by atoms with Crippen molar-refractivity contribution in [2.24, 2.45) is 0 Å². The Morgan fingerprint density at radius 3 is 0.782 bits per heavy atom. The number of nitrogens with zero attached hydrogens (tertiary/aromatic N) is 4. The quantitative estimate of drug-likeness (QED) is 0.114. The predicted octanol–water partition coefficient (Wildman–Crippen LogP) is 22.0. The second-order valence-corrected chi connectivity index (χ2v) is 25.1. The zero-order chi connectivity index (χ0) is 59.0. The summed E-state index contributed by atoms with van der Waals surface area (Å²) < 4.78 is 0. The molecule has 0 atom stereocenters. The van der Waals surface area contributed by atoms with Crippen LogP contribution in [0, 0.1) is 0 Å². The number of hydrogen-bond acceptors (Lipinski definition) is 4. The van der Waals surface area contributed by atoms with Gasteiger partial charge in [0.15, 0.2) is 0 Å². The average Bonchev–Trinajstić information content (AvgIpc) is 1.66. The summed E-state index contributed by atoms with van der Waals surface area (Å²) in [5, 5.41) is 0. The first-order chi connectivity index (χ1) is 42.4. The number of anilines is 6. The number of aromatic nitrogens is 2. The standard InChI is InChI=1S/C83H66N4/c1-81(2)75-49-55(17-19-57-23-37-71-73-39-33-67(53-79(73)82(3,4)77(71)51-57)86(65-41-45-84-46-42-65)63-29-25-61(26-30-63)59-13-9-7-10-14-59)21-35-69(75)70-36-22-56(50-76(70)81)18-20-58-24-38-72-74-40-34-68(54-80(74)83(5,6)78(72)52-58)87(66-43-47-85-48-44-66)64-31-27-62(28-32-64)60-15-11-8-12-16-60/h7-54H,1-6H3. The number of pyridine rings is 2. The molecule has 10 aromatic carbocycles. The summed E-state index contributed by atoms with van der Waals surface area (Å²) in [4.78, 5) is 13.4. The lowest BCUT2D eigenvalue weighted by atomic mass is 9.81. The lowest BCUT2D eigenvalue weighted by Gasteiger charge is -2.28. The van der Waals surface area contributed by atoms with Crippen molar-refractivity contribution >= 4 is 58.4 Å². The second kappa shape index (κ2) is 21.0. The molecule has 4 heteroatoms. The molecule has 12 aromatic rings. The molecule has 15 rings (SSSR count). The molecule has 0 aliphatic heterocycles. The fourth-order valence-electron chi connectivity index (χ4n) is 14.1. The van der Waals surface area contributed by atoms with Gasteiger partial charge in [-0.3, -0.25) is 9.97 Å². The van der Waals surface area contributed by atoms with E-state index in [2.05, 4.69) is 328 Å². The highest BCUT2D eigenvalue weighted by atomic mass is 15.1. The van der Waals surface area contributed by atoms with Gasteiger partial charge in [0, 0.05) is 75.2 Å². The van der Waals surface area contributed by atoms with Gasteiger partial charge in [0.05, 0.1) is 0 Å². The molecule has 87 heavy (non-hydrogen) atoms. The van der Waals surface area contributed by atoms with Crippen LogP contribution >= 0.6 is 0 Å². The van der Waals surface area contributed by atoms with E-state index in [4.69, 9.17) is 0 Å². The fraction of sp³-hybridized carbons (Fsp3) is 0.108. The van der Waals surface area contributed by atoms with Crippen LogP contribution in [0.3, 0.4) is 0 Å². The van der Waals surface area contributed by atoms with E-state index in [1.807, 2.05) is 24.8 Å². The molecule has 418 valence electrons. The van der Waals surface area contributed by atoms with Crippen molar-refractivity contribution in [2.45, 2.75) is 57.8 Å². The zero-order valence-electron chi connectivity index (χ0n) is 50.0. The molecule has 0 bridgehead atoms. The smallest absolute Gasteiger partial charge is 0.0492 e. The number of fused-ring (bicyclic) bond motifs is 9. The van der Waals surface area contributed by atoms with E-state index in [9.17, 15) is 0 Å². The monoisotopic (exact) mass is 1120 g/mol. The Bertz CT molecular complexity index is 4370. The van der Waals surface area contributed by atoms with Crippen LogP contribution < -0.4 is 9.80 Å². The first kappa shape index (κ1) is 53.3. The van der Waals surface area contributed by atoms with Crippen LogP contribution in [-0.4, -0.2) is 9.97 Å². The van der Waals surface area contributed by atoms with Crippen LogP contribution in [0.1, 0.15) is 97.2 Å². The molecular weight excluding hydrogens is 1050 g/mol. The van der Waals surface area contributed by atoms with Crippen LogP contribution in [0.2, 0.25) is 0 Å². The summed E-state index contributed by atoms with van der Waals surface area (Å²) in [5.41, 5.74) is 31.5. The molecule has 3 aliphatic carbocycles. The van der Waals surface area contributed by atoms with Crippen molar-refractivity contribution in [2.75, 3.05) is 9.80 Å². The van der Waals surface area contributed by atoms with E-state index in [-0.39, 0.29) is 16.2 Å². The van der Waals surface area contributed by atoms with Crippen LogP contribution in [0.5, 0.6) is 0 Å². The van der Waals surface area contributed by atoms with Gasteiger partial charge >= 0.3 is 0 Å². The minimum Gasteiger partial charge on any atom is -0.310 e. The lowest BCUT2D eigenvalue weighted by molar-refractivity contribution is 0.660. The van der Waals surface area contributed by atoms with E-state index < -0.39 is 0 Å². The van der Waals surface area contributed by atoms with Crippen molar-refractivity contribution in [3.63, 3.8) is 0 Å². The van der Waals surface area contributed by atoms with Gasteiger partial charge in [-0.25, -0.2) is 0 Å². The highest BCUT2D eigenvalue weighted by molar-refractivity contribution is 5.91. The third-order valence-electron chi connectivity index (χ3n) is 18.9. The molecule has 0 amide bonds. The van der Waals surface area contributed by atoms with Crippen molar-refractivity contribution in [1.29, 1.82) is 0 Å². The van der Waals surface area contributed by atoms with Crippen molar-refractivity contribution < 1.29 is 0 Å². The fourth-order valence-corrected chi connectivity index (χ4v) is 14.1. The molecule has 0 spiro atoms. The van der Waals surface area contributed by atoms with Crippen LogP contribution in [0.15, 0.2) is 267 Å². The summed E-state index contributed by atoms with van der Waals surface area (Å²) in [6, 6.07) is 89.3. The maximum Gasteiger partial charge on any atom is 0.0492 e. The molecule has 0 saturated carbocycles. The number of rotatable bonds is 12. The molecule has 0 N–H and O–H groups in total. The molecule has 0 unspecified atom stereocenters. The average molecular weight is 1120 g/mol. The van der Waals surface area contributed by atoms with Gasteiger partial charge in [0.2, 0.25) is 0 Å². The van der Waals surface area contributed by atoms with E-state index in [0.29, 0.717) is 0 Å². The topological polar surface area (TPSA) is 32.3 Å². The maximum absolute atomic E-state index is 4.36. The van der Waals surface area contributed by atoms with Gasteiger partial charge in [-0.05, 0) is 184 Å². The van der Waals surface area contributed by atoms with Gasteiger partial charge in [0.25, 0.3) is 0 Å². The lowest BCUT2D eigenvalue weighted by Crippen LogP contribution is -2.16. The molecule has 2 aromatic heterocycles. The minimum absolute atomic E-state index is 0.167. The summed E-state index contributed by atoms with van der Waals surface area (Å²) in [6.07, 6.45) is 16.6.